The number of hydrogen-bond donors (Lipinski definition) is 3. The van der Waals surface area contributed by atoms with Gasteiger partial charge < -0.3 is 20.3 Å². The molecule has 0 aromatic heterocycles. The maximum atomic E-state index is 11.7. The number of carbonyl (C=O) groups excluding carboxylic acids is 1. The second-order valence-electron chi connectivity index (χ2n) is 6.57. The van der Waals surface area contributed by atoms with Crippen molar-refractivity contribution in [3.63, 3.8) is 0 Å². The summed E-state index contributed by atoms with van der Waals surface area (Å²) in [5.74, 6) is 0.249. The fourth-order valence-corrected chi connectivity index (χ4v) is 2.77. The molecule has 1 amide bonds. The van der Waals surface area contributed by atoms with Crippen molar-refractivity contribution in [3.8, 4) is 0 Å². The molecule has 0 saturated carbocycles. The quantitative estimate of drug-likeness (QED) is 0.675. The molecule has 0 aliphatic rings. The third kappa shape index (κ3) is 5.86. The van der Waals surface area contributed by atoms with E-state index in [4.69, 9.17) is 4.74 Å². The van der Waals surface area contributed by atoms with Gasteiger partial charge in [-0.15, -0.1) is 0 Å². The van der Waals surface area contributed by atoms with Crippen LogP contribution in [0.4, 0.5) is 4.79 Å². The van der Waals surface area contributed by atoms with E-state index in [0.29, 0.717) is 0 Å². The van der Waals surface area contributed by atoms with Gasteiger partial charge in [0.15, 0.2) is 0 Å². The molecule has 5 heteroatoms. The second kappa shape index (κ2) is 9.94. The molecule has 5 nitrogen and oxygen atoms in total. The van der Waals surface area contributed by atoms with Crippen LogP contribution in [0.5, 0.6) is 0 Å². The molecule has 0 aliphatic carbocycles. The lowest BCUT2D eigenvalue weighted by Gasteiger charge is -2.22. The van der Waals surface area contributed by atoms with Crippen LogP contribution in [0.25, 0.3) is 0 Å². The van der Waals surface area contributed by atoms with Crippen molar-refractivity contribution in [1.29, 1.82) is 0 Å². The minimum Gasteiger partial charge on any atom is -0.445 e. The number of alkyl carbamates (subject to hydrolysis) is 1. The van der Waals surface area contributed by atoms with Gasteiger partial charge in [0.05, 0.1) is 6.10 Å². The lowest BCUT2D eigenvalue weighted by Crippen LogP contribution is -2.30. The minimum atomic E-state index is -0.990. The Kier molecular flexibility index (Phi) is 7.63. The third-order valence-corrected chi connectivity index (χ3v) is 4.22. The summed E-state index contributed by atoms with van der Waals surface area (Å²) < 4.78 is 5.11. The summed E-state index contributed by atoms with van der Waals surface area (Å²) in [5, 5.41) is 23.3. The highest BCUT2D eigenvalue weighted by molar-refractivity contribution is 5.67. The van der Waals surface area contributed by atoms with E-state index >= 15 is 0 Å². The van der Waals surface area contributed by atoms with Crippen LogP contribution in [0.3, 0.4) is 0 Å². The van der Waals surface area contributed by atoms with Gasteiger partial charge in [-0.3, -0.25) is 0 Å². The molecule has 0 radical (unpaired) electrons. The molecule has 2 aromatic rings. The van der Waals surface area contributed by atoms with Crippen LogP contribution in [-0.2, 0) is 11.3 Å². The number of aliphatic hydroxyl groups excluding tert-OH is 2. The normalized spacial score (nSPS) is 13.3. The Bertz CT molecular complexity index is 687. The zero-order chi connectivity index (χ0) is 18.9. The highest BCUT2D eigenvalue weighted by Gasteiger charge is 2.21. The number of aliphatic hydroxyl groups is 2. The van der Waals surface area contributed by atoms with Gasteiger partial charge in [-0.25, -0.2) is 4.79 Å². The highest BCUT2D eigenvalue weighted by Crippen LogP contribution is 2.27. The van der Waals surface area contributed by atoms with Gasteiger partial charge in [0.2, 0.25) is 0 Å². The van der Waals surface area contributed by atoms with Gasteiger partial charge in [0, 0.05) is 6.54 Å². The van der Waals surface area contributed by atoms with Crippen LogP contribution >= 0.6 is 0 Å². The number of rotatable bonds is 8. The molecule has 0 aliphatic heterocycles. The summed E-state index contributed by atoms with van der Waals surface area (Å²) in [5.41, 5.74) is 2.64. The highest BCUT2D eigenvalue weighted by atomic mass is 16.5. The van der Waals surface area contributed by atoms with Crippen molar-refractivity contribution in [2.45, 2.75) is 45.0 Å². The Labute approximate surface area is 154 Å². The van der Waals surface area contributed by atoms with Crippen LogP contribution in [0, 0.1) is 0 Å². The summed E-state index contributed by atoms with van der Waals surface area (Å²) in [6.45, 7) is 4.50. The van der Waals surface area contributed by atoms with Crippen LogP contribution in [0.2, 0.25) is 0 Å². The largest absolute Gasteiger partial charge is 0.445 e. The molecule has 2 atom stereocenters. The summed E-state index contributed by atoms with van der Waals surface area (Å²) in [7, 11) is 0. The molecular weight excluding hydrogens is 330 g/mol. The zero-order valence-corrected chi connectivity index (χ0v) is 15.3. The van der Waals surface area contributed by atoms with Gasteiger partial charge in [-0.1, -0.05) is 68.4 Å². The molecule has 0 spiro atoms. The lowest BCUT2D eigenvalue weighted by molar-refractivity contribution is 0.0130. The SMILES string of the molecule is CC(C)c1ccccc1C(O)C(O)CCNC(=O)OCc1ccccc1. The third-order valence-electron chi connectivity index (χ3n) is 4.22. The van der Waals surface area contributed by atoms with Crippen molar-refractivity contribution in [3.05, 3.63) is 71.3 Å². The first-order valence-electron chi connectivity index (χ1n) is 8.88. The van der Waals surface area contributed by atoms with E-state index in [1.54, 1.807) is 0 Å². The average molecular weight is 357 g/mol. The monoisotopic (exact) mass is 357 g/mol. The molecule has 2 rings (SSSR count). The van der Waals surface area contributed by atoms with Gasteiger partial charge in [0.25, 0.3) is 0 Å². The molecule has 3 N–H and O–H groups in total. The summed E-state index contributed by atoms with van der Waals surface area (Å²) >= 11 is 0. The Hall–Kier alpha value is -2.37. The maximum Gasteiger partial charge on any atom is 0.407 e. The smallest absolute Gasteiger partial charge is 0.407 e. The van der Waals surface area contributed by atoms with Crippen molar-refractivity contribution < 1.29 is 19.7 Å². The molecule has 0 bridgehead atoms. The Morgan fingerprint density at radius 2 is 1.62 bits per heavy atom. The Morgan fingerprint density at radius 3 is 2.27 bits per heavy atom. The Morgan fingerprint density at radius 1 is 1.00 bits per heavy atom. The first-order chi connectivity index (χ1) is 12.5. The standard InChI is InChI=1S/C21H27NO4/c1-15(2)17-10-6-7-11-18(17)20(24)19(23)12-13-22-21(25)26-14-16-8-4-3-5-9-16/h3-11,15,19-20,23-24H,12-14H2,1-2H3,(H,22,25). The first kappa shape index (κ1) is 19.9. The van der Waals surface area contributed by atoms with E-state index < -0.39 is 18.3 Å². The fraction of sp³-hybridized carbons (Fsp3) is 0.381. The number of nitrogens with one attached hydrogen (secondary N) is 1. The van der Waals surface area contributed by atoms with Gasteiger partial charge in [0.1, 0.15) is 12.7 Å². The fourth-order valence-electron chi connectivity index (χ4n) is 2.77. The van der Waals surface area contributed by atoms with Crippen molar-refractivity contribution >= 4 is 6.09 Å². The van der Waals surface area contributed by atoms with Crippen LogP contribution in [0.15, 0.2) is 54.6 Å². The van der Waals surface area contributed by atoms with E-state index in [1.807, 2.05) is 68.4 Å². The molecule has 140 valence electrons. The van der Waals surface area contributed by atoms with Crippen LogP contribution < -0.4 is 5.32 Å². The van der Waals surface area contributed by atoms with Gasteiger partial charge in [-0.05, 0) is 29.0 Å². The summed E-state index contributed by atoms with van der Waals surface area (Å²) in [6, 6.07) is 16.9. The van der Waals surface area contributed by atoms with E-state index in [0.717, 1.165) is 16.7 Å². The Balaban J connectivity index is 1.77. The number of amides is 1. The minimum absolute atomic E-state index is 0.194. The number of hydrogen-bond acceptors (Lipinski definition) is 4. The van der Waals surface area contributed by atoms with Crippen LogP contribution in [0.1, 0.15) is 49.0 Å². The topological polar surface area (TPSA) is 78.8 Å². The molecule has 2 aromatic carbocycles. The average Bonchev–Trinajstić information content (AvgIpc) is 2.66. The van der Waals surface area contributed by atoms with Crippen molar-refractivity contribution in [1.82, 2.24) is 5.32 Å². The number of benzene rings is 2. The number of carbonyl (C=O) groups is 1. The number of ether oxygens (including phenoxy) is 1. The lowest BCUT2D eigenvalue weighted by atomic mass is 9.91. The molecule has 26 heavy (non-hydrogen) atoms. The second-order valence-corrected chi connectivity index (χ2v) is 6.57. The molecule has 2 unspecified atom stereocenters. The van der Waals surface area contributed by atoms with E-state index in [-0.39, 0.29) is 25.5 Å². The van der Waals surface area contributed by atoms with E-state index in [9.17, 15) is 15.0 Å². The van der Waals surface area contributed by atoms with Crippen molar-refractivity contribution in [2.75, 3.05) is 6.54 Å². The first-order valence-corrected chi connectivity index (χ1v) is 8.88. The molecule has 0 saturated heterocycles. The summed E-state index contributed by atoms with van der Waals surface area (Å²) in [4.78, 5) is 11.7. The van der Waals surface area contributed by atoms with E-state index in [2.05, 4.69) is 5.32 Å². The van der Waals surface area contributed by atoms with E-state index in [1.165, 1.54) is 0 Å². The van der Waals surface area contributed by atoms with Crippen molar-refractivity contribution in [2.24, 2.45) is 0 Å². The summed E-state index contributed by atoms with van der Waals surface area (Å²) in [6.07, 6.45) is -2.27. The van der Waals surface area contributed by atoms with Crippen LogP contribution in [-0.4, -0.2) is 29.0 Å². The maximum absolute atomic E-state index is 11.7. The van der Waals surface area contributed by atoms with Gasteiger partial charge >= 0.3 is 6.09 Å². The zero-order valence-electron chi connectivity index (χ0n) is 15.3. The molecular formula is C21H27NO4. The van der Waals surface area contributed by atoms with Gasteiger partial charge in [-0.2, -0.15) is 0 Å². The predicted molar refractivity (Wildman–Crippen MR) is 101 cm³/mol. The molecule has 0 heterocycles. The molecule has 0 fully saturated rings. The predicted octanol–water partition coefficient (Wildman–Crippen LogP) is 3.52.